The number of amides is 2. The zero-order valence-corrected chi connectivity index (χ0v) is 17.4. The topological polar surface area (TPSA) is 78.9 Å². The number of thioether (sulfide) groups is 1. The maximum absolute atomic E-state index is 12.6. The number of hydrogen-bond acceptors (Lipinski definition) is 6. The number of thiocarbonyl (C=S) groups is 1. The number of benzene rings is 2. The molecule has 2 N–H and O–H groups in total. The monoisotopic (exact) mass is 428 g/mol. The third-order valence-electron chi connectivity index (χ3n) is 4.20. The Hall–Kier alpha value is -2.84. The van der Waals surface area contributed by atoms with Crippen molar-refractivity contribution in [2.24, 2.45) is 0 Å². The second kappa shape index (κ2) is 9.58. The molecule has 2 amide bonds. The number of aromatic hydroxyl groups is 1. The van der Waals surface area contributed by atoms with E-state index in [0.29, 0.717) is 27.9 Å². The predicted molar refractivity (Wildman–Crippen MR) is 119 cm³/mol. The zero-order valence-electron chi connectivity index (χ0n) is 15.8. The molecule has 0 atom stereocenters. The fourth-order valence-electron chi connectivity index (χ4n) is 2.75. The van der Waals surface area contributed by atoms with Crippen LogP contribution in [-0.4, -0.2) is 39.8 Å². The van der Waals surface area contributed by atoms with Crippen molar-refractivity contribution < 1.29 is 19.4 Å². The van der Waals surface area contributed by atoms with Crippen molar-refractivity contribution in [3.63, 3.8) is 0 Å². The number of anilines is 1. The third-order valence-corrected chi connectivity index (χ3v) is 5.58. The highest BCUT2D eigenvalue weighted by Gasteiger charge is 2.31. The fraction of sp³-hybridized carbons (Fsp3) is 0.190. The first-order valence-corrected chi connectivity index (χ1v) is 10.2. The first kappa shape index (κ1) is 20.9. The van der Waals surface area contributed by atoms with Gasteiger partial charge in [0.05, 0.1) is 12.0 Å². The minimum atomic E-state index is -0.185. The van der Waals surface area contributed by atoms with E-state index >= 15 is 0 Å². The summed E-state index contributed by atoms with van der Waals surface area (Å²) in [6.07, 6.45) is 2.52. The van der Waals surface area contributed by atoms with Crippen LogP contribution in [0.4, 0.5) is 5.69 Å². The van der Waals surface area contributed by atoms with Crippen LogP contribution in [0.15, 0.2) is 53.4 Å². The van der Waals surface area contributed by atoms with Crippen LogP contribution < -0.4 is 10.1 Å². The SMILES string of the molecule is COc1ccc(/C=C2\SC(=S)N(CCCC(=O)Nc3cccc(O)c3)C2=O)cc1. The zero-order chi connectivity index (χ0) is 20.8. The van der Waals surface area contributed by atoms with Crippen molar-refractivity contribution in [2.45, 2.75) is 12.8 Å². The summed E-state index contributed by atoms with van der Waals surface area (Å²) in [6, 6.07) is 13.8. The van der Waals surface area contributed by atoms with Gasteiger partial charge in [-0.1, -0.05) is 42.2 Å². The van der Waals surface area contributed by atoms with Gasteiger partial charge in [-0.15, -0.1) is 0 Å². The van der Waals surface area contributed by atoms with E-state index < -0.39 is 0 Å². The van der Waals surface area contributed by atoms with Gasteiger partial charge >= 0.3 is 0 Å². The van der Waals surface area contributed by atoms with Gasteiger partial charge in [0.2, 0.25) is 5.91 Å². The molecule has 1 fully saturated rings. The number of ether oxygens (including phenoxy) is 1. The molecule has 1 aliphatic heterocycles. The molecule has 0 unspecified atom stereocenters. The molecular formula is C21H20N2O4S2. The van der Waals surface area contributed by atoms with Crippen LogP contribution in [0.1, 0.15) is 18.4 Å². The summed E-state index contributed by atoms with van der Waals surface area (Å²) in [4.78, 5) is 26.8. The van der Waals surface area contributed by atoms with Crippen molar-refractivity contribution >= 4 is 51.9 Å². The molecule has 0 spiro atoms. The molecule has 1 saturated heterocycles. The van der Waals surface area contributed by atoms with Crippen LogP contribution in [0.5, 0.6) is 11.5 Å². The van der Waals surface area contributed by atoms with Gasteiger partial charge in [0.1, 0.15) is 15.8 Å². The number of rotatable bonds is 7. The van der Waals surface area contributed by atoms with Gasteiger partial charge < -0.3 is 15.2 Å². The summed E-state index contributed by atoms with van der Waals surface area (Å²) < 4.78 is 5.62. The molecule has 0 saturated carbocycles. The van der Waals surface area contributed by atoms with Gasteiger partial charge in [0.25, 0.3) is 5.91 Å². The van der Waals surface area contributed by atoms with Crippen molar-refractivity contribution in [2.75, 3.05) is 19.0 Å². The van der Waals surface area contributed by atoms with Gasteiger partial charge in [0.15, 0.2) is 0 Å². The Kier molecular flexibility index (Phi) is 6.90. The summed E-state index contributed by atoms with van der Waals surface area (Å²) >= 11 is 6.59. The molecule has 0 radical (unpaired) electrons. The highest BCUT2D eigenvalue weighted by Crippen LogP contribution is 2.33. The smallest absolute Gasteiger partial charge is 0.266 e. The second-order valence-corrected chi connectivity index (χ2v) is 7.98. The van der Waals surface area contributed by atoms with E-state index in [1.165, 1.54) is 28.8 Å². The van der Waals surface area contributed by atoms with Crippen LogP contribution in [0, 0.1) is 0 Å². The van der Waals surface area contributed by atoms with E-state index in [1.807, 2.05) is 24.3 Å². The minimum absolute atomic E-state index is 0.0870. The molecule has 2 aromatic carbocycles. The summed E-state index contributed by atoms with van der Waals surface area (Å²) in [7, 11) is 1.60. The number of nitrogens with zero attached hydrogens (tertiary/aromatic N) is 1. The average Bonchev–Trinajstić information content (AvgIpc) is 2.96. The van der Waals surface area contributed by atoms with E-state index in [9.17, 15) is 14.7 Å². The molecule has 1 heterocycles. The normalized spacial score (nSPS) is 15.1. The van der Waals surface area contributed by atoms with E-state index in [0.717, 1.165) is 11.3 Å². The number of hydrogen-bond donors (Lipinski definition) is 2. The number of methoxy groups -OCH3 is 1. The lowest BCUT2D eigenvalue weighted by Gasteiger charge is -2.14. The largest absolute Gasteiger partial charge is 0.508 e. The van der Waals surface area contributed by atoms with E-state index in [-0.39, 0.29) is 24.0 Å². The highest BCUT2D eigenvalue weighted by molar-refractivity contribution is 8.26. The molecule has 6 nitrogen and oxygen atoms in total. The fourth-order valence-corrected chi connectivity index (χ4v) is 4.06. The van der Waals surface area contributed by atoms with Gasteiger partial charge in [-0.25, -0.2) is 0 Å². The first-order valence-electron chi connectivity index (χ1n) is 8.94. The van der Waals surface area contributed by atoms with Gasteiger partial charge in [-0.3, -0.25) is 14.5 Å². The molecule has 0 aromatic heterocycles. The van der Waals surface area contributed by atoms with Crippen molar-refractivity contribution in [3.05, 3.63) is 59.0 Å². The van der Waals surface area contributed by atoms with Crippen LogP contribution in [0.2, 0.25) is 0 Å². The number of nitrogens with one attached hydrogen (secondary N) is 1. The molecule has 1 aliphatic rings. The van der Waals surface area contributed by atoms with Gasteiger partial charge in [0, 0.05) is 24.7 Å². The maximum Gasteiger partial charge on any atom is 0.266 e. The number of phenolic OH excluding ortho intramolecular Hbond substituents is 1. The Morgan fingerprint density at radius 1 is 1.28 bits per heavy atom. The Balaban J connectivity index is 1.53. The van der Waals surface area contributed by atoms with Crippen molar-refractivity contribution in [1.29, 1.82) is 0 Å². The van der Waals surface area contributed by atoms with Crippen molar-refractivity contribution in [1.82, 2.24) is 4.90 Å². The standard InChI is InChI=1S/C21H20N2O4S2/c1-27-17-9-7-14(8-10-17)12-18-20(26)23(21(28)29-18)11-3-6-19(25)22-15-4-2-5-16(24)13-15/h2,4-5,7-10,12-13,24H,3,6,11H2,1H3,(H,22,25)/b18-12-. The third kappa shape index (κ3) is 5.58. The van der Waals surface area contributed by atoms with E-state index in [2.05, 4.69) is 5.32 Å². The Labute approximate surface area is 178 Å². The summed E-state index contributed by atoms with van der Waals surface area (Å²) in [5.41, 5.74) is 1.42. The quantitative estimate of drug-likeness (QED) is 0.512. The van der Waals surface area contributed by atoms with Gasteiger partial charge in [-0.05, 0) is 42.3 Å². The lowest BCUT2D eigenvalue weighted by molar-refractivity contribution is -0.122. The van der Waals surface area contributed by atoms with Gasteiger partial charge in [-0.2, -0.15) is 0 Å². The predicted octanol–water partition coefficient (Wildman–Crippen LogP) is 4.02. The Morgan fingerprint density at radius 3 is 2.72 bits per heavy atom. The molecular weight excluding hydrogens is 408 g/mol. The Bertz CT molecular complexity index is 957. The Morgan fingerprint density at radius 2 is 2.03 bits per heavy atom. The minimum Gasteiger partial charge on any atom is -0.508 e. The first-order chi connectivity index (χ1) is 14.0. The molecule has 0 bridgehead atoms. The summed E-state index contributed by atoms with van der Waals surface area (Å²) in [5.74, 6) is 0.502. The number of carbonyl (C=O) groups excluding carboxylic acids is 2. The van der Waals surface area contributed by atoms with Crippen LogP contribution in [-0.2, 0) is 9.59 Å². The summed E-state index contributed by atoms with van der Waals surface area (Å²) in [5, 5.41) is 12.2. The van der Waals surface area contributed by atoms with E-state index in [1.54, 1.807) is 25.3 Å². The molecule has 0 aliphatic carbocycles. The lowest BCUT2D eigenvalue weighted by atomic mass is 10.2. The van der Waals surface area contributed by atoms with Crippen LogP contribution in [0.3, 0.4) is 0 Å². The molecule has 2 aromatic rings. The highest BCUT2D eigenvalue weighted by atomic mass is 32.2. The average molecular weight is 429 g/mol. The van der Waals surface area contributed by atoms with Crippen LogP contribution in [0.25, 0.3) is 6.08 Å². The molecule has 150 valence electrons. The van der Waals surface area contributed by atoms with E-state index in [4.69, 9.17) is 17.0 Å². The van der Waals surface area contributed by atoms with Crippen LogP contribution >= 0.6 is 24.0 Å². The molecule has 3 rings (SSSR count). The summed E-state index contributed by atoms with van der Waals surface area (Å²) in [6.45, 7) is 0.373. The number of carbonyl (C=O) groups is 2. The second-order valence-electron chi connectivity index (χ2n) is 6.31. The lowest BCUT2D eigenvalue weighted by Crippen LogP contribution is -2.29. The molecule has 29 heavy (non-hydrogen) atoms. The van der Waals surface area contributed by atoms with Crippen molar-refractivity contribution in [3.8, 4) is 11.5 Å². The molecule has 8 heteroatoms. The maximum atomic E-state index is 12.6. The number of phenols is 1.